The van der Waals surface area contributed by atoms with E-state index in [0.29, 0.717) is 24.4 Å². The summed E-state index contributed by atoms with van der Waals surface area (Å²) in [5.74, 6) is -0.487. The molecule has 0 aromatic heterocycles. The third kappa shape index (κ3) is 8.31. The Morgan fingerprint density at radius 2 is 1.56 bits per heavy atom. The third-order valence-electron chi connectivity index (χ3n) is 6.26. The van der Waals surface area contributed by atoms with Crippen molar-refractivity contribution < 1.29 is 18.0 Å². The van der Waals surface area contributed by atoms with Crippen molar-refractivity contribution in [2.75, 3.05) is 23.9 Å². The molecule has 3 aromatic rings. The maximum absolute atomic E-state index is 14.0. The van der Waals surface area contributed by atoms with E-state index in [4.69, 9.17) is 11.6 Å². The van der Waals surface area contributed by atoms with Crippen molar-refractivity contribution in [3.05, 3.63) is 95.5 Å². The molecule has 0 spiro atoms. The van der Waals surface area contributed by atoms with Gasteiger partial charge >= 0.3 is 0 Å². The van der Waals surface area contributed by atoms with Crippen molar-refractivity contribution in [2.24, 2.45) is 5.92 Å². The first kappa shape index (κ1) is 30.2. The normalized spacial score (nSPS) is 12.1. The summed E-state index contributed by atoms with van der Waals surface area (Å²) in [5, 5.41) is 3.27. The molecule has 39 heavy (non-hydrogen) atoms. The summed E-state index contributed by atoms with van der Waals surface area (Å²) in [6, 6.07) is 23.2. The molecule has 208 valence electrons. The number of amides is 2. The Bertz CT molecular complexity index is 1330. The fraction of sp³-hybridized carbons (Fsp3) is 0.333. The molecular weight excluding hydrogens is 534 g/mol. The number of nitrogens with zero attached hydrogens (tertiary/aromatic N) is 2. The summed E-state index contributed by atoms with van der Waals surface area (Å²) in [4.78, 5) is 28.7. The van der Waals surface area contributed by atoms with Gasteiger partial charge in [-0.15, -0.1) is 0 Å². The lowest BCUT2D eigenvalue weighted by molar-refractivity contribution is -0.139. The Morgan fingerprint density at radius 1 is 0.923 bits per heavy atom. The zero-order valence-electron chi connectivity index (χ0n) is 22.6. The van der Waals surface area contributed by atoms with Crippen LogP contribution in [-0.2, 0) is 26.0 Å². The number of hydrogen-bond donors (Lipinski definition) is 1. The largest absolute Gasteiger partial charge is 0.354 e. The van der Waals surface area contributed by atoms with Gasteiger partial charge in [0.1, 0.15) is 12.6 Å². The molecule has 0 fully saturated rings. The Labute approximate surface area is 236 Å². The number of rotatable bonds is 13. The van der Waals surface area contributed by atoms with Crippen LogP contribution in [0.5, 0.6) is 0 Å². The average Bonchev–Trinajstić information content (AvgIpc) is 2.93. The standard InChI is InChI=1S/C30H36ClN3O4S/c1-4-28(30(36)32-21-23(2)3)33(19-18-24-12-7-5-8-13-24)29(35)22-34(26-15-11-14-25(31)20-26)39(37,38)27-16-9-6-10-17-27/h5-17,20,23,28H,4,18-19,21-22H2,1-3H3,(H,32,36). The zero-order valence-corrected chi connectivity index (χ0v) is 24.2. The second-order valence-corrected chi connectivity index (χ2v) is 12.0. The van der Waals surface area contributed by atoms with Crippen LogP contribution in [0.2, 0.25) is 5.02 Å². The number of nitrogens with one attached hydrogen (secondary N) is 1. The molecule has 0 radical (unpaired) electrons. The molecule has 3 rings (SSSR count). The summed E-state index contributed by atoms with van der Waals surface area (Å²) in [7, 11) is -4.11. The minimum atomic E-state index is -4.11. The fourth-order valence-electron chi connectivity index (χ4n) is 4.20. The molecule has 0 aliphatic heterocycles. The van der Waals surface area contributed by atoms with E-state index in [1.54, 1.807) is 36.4 Å². The minimum Gasteiger partial charge on any atom is -0.354 e. The molecule has 1 N–H and O–H groups in total. The maximum Gasteiger partial charge on any atom is 0.264 e. The topological polar surface area (TPSA) is 86.8 Å². The van der Waals surface area contributed by atoms with Crippen LogP contribution in [0, 0.1) is 5.92 Å². The van der Waals surface area contributed by atoms with Crippen LogP contribution in [0.25, 0.3) is 0 Å². The van der Waals surface area contributed by atoms with Crippen LogP contribution in [-0.4, -0.2) is 50.8 Å². The number of carbonyl (C=O) groups is 2. The molecule has 3 aromatic carbocycles. The van der Waals surface area contributed by atoms with E-state index < -0.39 is 28.5 Å². The van der Waals surface area contributed by atoms with Gasteiger partial charge in [0.25, 0.3) is 10.0 Å². The van der Waals surface area contributed by atoms with E-state index in [0.717, 1.165) is 9.87 Å². The van der Waals surface area contributed by atoms with E-state index in [9.17, 15) is 18.0 Å². The van der Waals surface area contributed by atoms with Gasteiger partial charge in [-0.3, -0.25) is 13.9 Å². The number of benzene rings is 3. The minimum absolute atomic E-state index is 0.0512. The Morgan fingerprint density at radius 3 is 2.15 bits per heavy atom. The third-order valence-corrected chi connectivity index (χ3v) is 8.28. The SMILES string of the molecule is CCC(C(=O)NCC(C)C)N(CCc1ccccc1)C(=O)CN(c1cccc(Cl)c1)S(=O)(=O)c1ccccc1. The number of carbonyl (C=O) groups excluding carboxylic acids is 2. The van der Waals surface area contributed by atoms with Gasteiger partial charge in [-0.25, -0.2) is 8.42 Å². The van der Waals surface area contributed by atoms with Crippen molar-refractivity contribution in [1.82, 2.24) is 10.2 Å². The summed E-state index contributed by atoms with van der Waals surface area (Å²) >= 11 is 6.21. The molecule has 0 aliphatic rings. The van der Waals surface area contributed by atoms with Gasteiger partial charge in [-0.1, -0.05) is 87.0 Å². The average molecular weight is 570 g/mol. The predicted octanol–water partition coefficient (Wildman–Crippen LogP) is 5.16. The molecule has 7 nitrogen and oxygen atoms in total. The predicted molar refractivity (Wildman–Crippen MR) is 156 cm³/mol. The smallest absolute Gasteiger partial charge is 0.264 e. The molecule has 0 saturated carbocycles. The molecule has 9 heteroatoms. The Kier molecular flexibility index (Phi) is 10.9. The first-order valence-corrected chi connectivity index (χ1v) is 14.9. The molecular formula is C30H36ClN3O4S. The monoisotopic (exact) mass is 569 g/mol. The fourth-order valence-corrected chi connectivity index (χ4v) is 5.81. The number of hydrogen-bond acceptors (Lipinski definition) is 4. The lowest BCUT2D eigenvalue weighted by Crippen LogP contribution is -2.53. The Balaban J connectivity index is 1.98. The molecule has 1 atom stereocenters. The molecule has 0 heterocycles. The molecule has 0 aliphatic carbocycles. The molecule has 0 bridgehead atoms. The van der Waals surface area contributed by atoms with E-state index in [-0.39, 0.29) is 29.0 Å². The molecule has 1 unspecified atom stereocenters. The van der Waals surface area contributed by atoms with Crippen LogP contribution >= 0.6 is 11.6 Å². The first-order valence-electron chi connectivity index (χ1n) is 13.1. The first-order chi connectivity index (χ1) is 18.6. The molecule has 0 saturated heterocycles. The summed E-state index contributed by atoms with van der Waals surface area (Å²) in [6.45, 7) is 6.09. The second kappa shape index (κ2) is 14.1. The van der Waals surface area contributed by atoms with E-state index in [1.807, 2.05) is 51.1 Å². The van der Waals surface area contributed by atoms with E-state index in [2.05, 4.69) is 5.32 Å². The van der Waals surface area contributed by atoms with Crippen molar-refractivity contribution in [1.29, 1.82) is 0 Å². The van der Waals surface area contributed by atoms with Crippen LogP contribution in [0.15, 0.2) is 89.8 Å². The van der Waals surface area contributed by atoms with Crippen molar-refractivity contribution in [2.45, 2.75) is 44.6 Å². The van der Waals surface area contributed by atoms with Crippen LogP contribution < -0.4 is 9.62 Å². The number of sulfonamides is 1. The summed E-state index contributed by atoms with van der Waals surface area (Å²) in [5.41, 5.74) is 1.27. The van der Waals surface area contributed by atoms with Gasteiger partial charge < -0.3 is 10.2 Å². The Hall–Kier alpha value is -3.36. The van der Waals surface area contributed by atoms with Gasteiger partial charge in [0.15, 0.2) is 0 Å². The van der Waals surface area contributed by atoms with Gasteiger partial charge in [0.05, 0.1) is 10.6 Å². The maximum atomic E-state index is 14.0. The van der Waals surface area contributed by atoms with Gasteiger partial charge in [-0.2, -0.15) is 0 Å². The quantitative estimate of drug-likeness (QED) is 0.308. The lowest BCUT2D eigenvalue weighted by atomic mass is 10.1. The van der Waals surface area contributed by atoms with Crippen molar-refractivity contribution >= 4 is 39.1 Å². The highest BCUT2D eigenvalue weighted by Crippen LogP contribution is 2.26. The van der Waals surface area contributed by atoms with Crippen LogP contribution in [0.3, 0.4) is 0 Å². The summed E-state index contributed by atoms with van der Waals surface area (Å²) in [6.07, 6.45) is 0.899. The van der Waals surface area contributed by atoms with Crippen molar-refractivity contribution in [3.63, 3.8) is 0 Å². The highest BCUT2D eigenvalue weighted by molar-refractivity contribution is 7.92. The zero-order chi connectivity index (χ0) is 28.4. The van der Waals surface area contributed by atoms with Gasteiger partial charge in [0.2, 0.25) is 11.8 Å². The summed E-state index contributed by atoms with van der Waals surface area (Å²) < 4.78 is 28.6. The van der Waals surface area contributed by atoms with Gasteiger partial charge in [0, 0.05) is 18.1 Å². The molecule has 2 amide bonds. The van der Waals surface area contributed by atoms with Crippen LogP contribution in [0.1, 0.15) is 32.8 Å². The van der Waals surface area contributed by atoms with Gasteiger partial charge in [-0.05, 0) is 54.7 Å². The van der Waals surface area contributed by atoms with Crippen molar-refractivity contribution in [3.8, 4) is 0 Å². The highest BCUT2D eigenvalue weighted by atomic mass is 35.5. The number of anilines is 1. The lowest BCUT2D eigenvalue weighted by Gasteiger charge is -2.33. The van der Waals surface area contributed by atoms with E-state index in [1.165, 1.54) is 23.1 Å². The number of halogens is 1. The second-order valence-electron chi connectivity index (χ2n) is 9.69. The van der Waals surface area contributed by atoms with E-state index >= 15 is 0 Å². The highest BCUT2D eigenvalue weighted by Gasteiger charge is 2.33. The van der Waals surface area contributed by atoms with Crippen LogP contribution in [0.4, 0.5) is 5.69 Å².